The van der Waals surface area contributed by atoms with Crippen LogP contribution in [0.15, 0.2) is 64.3 Å². The molecule has 0 aliphatic carbocycles. The van der Waals surface area contributed by atoms with E-state index < -0.39 is 44.7 Å². The topological polar surface area (TPSA) is 134 Å². The minimum atomic E-state index is -4.68. The number of carbonyl (C=O) groups excluding carboxylic acids is 2. The zero-order valence-electron chi connectivity index (χ0n) is 20.7. The molecule has 9 nitrogen and oxygen atoms in total. The molecule has 13 heteroatoms. The van der Waals surface area contributed by atoms with E-state index in [0.717, 1.165) is 29.2 Å². The van der Waals surface area contributed by atoms with E-state index in [1.807, 2.05) is 0 Å². The van der Waals surface area contributed by atoms with Crippen molar-refractivity contribution in [3.63, 3.8) is 0 Å². The number of hydrogen-bond acceptors (Lipinski definition) is 5. The number of sulfonamides is 1. The molecule has 3 rings (SSSR count). The van der Waals surface area contributed by atoms with Gasteiger partial charge in [0.05, 0.1) is 16.0 Å². The van der Waals surface area contributed by atoms with Gasteiger partial charge < -0.3 is 14.8 Å². The fourth-order valence-corrected chi connectivity index (χ4v) is 4.19. The zero-order chi connectivity index (χ0) is 28.4. The summed E-state index contributed by atoms with van der Waals surface area (Å²) < 4.78 is 63.2. The Balaban J connectivity index is 2.06. The molecule has 0 aliphatic rings. The number of nitrogens with one attached hydrogen (secondary N) is 1. The summed E-state index contributed by atoms with van der Waals surface area (Å²) in [7, 11) is -0.947. The van der Waals surface area contributed by atoms with Gasteiger partial charge in [-0.15, -0.1) is 0 Å². The summed E-state index contributed by atoms with van der Waals surface area (Å²) >= 11 is 0. The van der Waals surface area contributed by atoms with Gasteiger partial charge in [0.1, 0.15) is 5.56 Å². The van der Waals surface area contributed by atoms with Gasteiger partial charge in [0.25, 0.3) is 17.4 Å². The van der Waals surface area contributed by atoms with Crippen molar-refractivity contribution in [3.8, 4) is 0 Å². The molecule has 2 amide bonds. The second-order valence-electron chi connectivity index (χ2n) is 8.69. The third kappa shape index (κ3) is 6.47. The predicted octanol–water partition coefficient (Wildman–Crippen LogP) is 2.94. The molecule has 202 valence electrons. The lowest BCUT2D eigenvalue weighted by Gasteiger charge is -2.24. The summed E-state index contributed by atoms with van der Waals surface area (Å²) in [5.41, 5.74) is -1.51. The molecule has 38 heavy (non-hydrogen) atoms. The lowest BCUT2D eigenvalue weighted by Crippen LogP contribution is -2.37. The summed E-state index contributed by atoms with van der Waals surface area (Å²) in [6.45, 7) is 1.32. The summed E-state index contributed by atoms with van der Waals surface area (Å²) in [4.78, 5) is 43.5. The first-order chi connectivity index (χ1) is 17.6. The van der Waals surface area contributed by atoms with Gasteiger partial charge in [-0.25, -0.2) is 13.6 Å². The maximum absolute atomic E-state index is 13.6. The number of benzene rings is 2. The highest BCUT2D eigenvalue weighted by atomic mass is 32.2. The van der Waals surface area contributed by atoms with Crippen molar-refractivity contribution in [1.29, 1.82) is 0 Å². The number of aromatic nitrogens is 1. The number of pyridine rings is 1. The Hall–Kier alpha value is -3.97. The molecule has 3 N–H and O–H groups in total. The molecule has 1 heterocycles. The SMILES string of the molecule is Cc1[nH]c(=O)c(C(=O)N(CCc2ccc(S(N)(=O)=O)cc2)c2cccc(C(F)(F)F)c2)cc1C(=O)N(C)C. The second kappa shape index (κ2) is 10.8. The number of aryl methyl sites for hydroxylation is 1. The summed E-state index contributed by atoms with van der Waals surface area (Å²) in [5.74, 6) is -1.40. The van der Waals surface area contributed by atoms with E-state index in [1.54, 1.807) is 0 Å². The number of H-pyrrole nitrogens is 1. The van der Waals surface area contributed by atoms with Crippen molar-refractivity contribution in [2.24, 2.45) is 5.14 Å². The number of alkyl halides is 3. The molecule has 0 spiro atoms. The average molecular weight is 551 g/mol. The van der Waals surface area contributed by atoms with Gasteiger partial charge in [-0.1, -0.05) is 18.2 Å². The van der Waals surface area contributed by atoms with Crippen LogP contribution in [0.25, 0.3) is 0 Å². The standard InChI is InChI=1S/C25H25F3N4O5S/c1-15-20(23(34)31(2)3)14-21(22(33)30-15)24(35)32(18-6-4-5-17(13-18)25(26,27)28)12-11-16-7-9-19(10-8-16)38(29,36)37/h4-10,13-14H,11-12H2,1-3H3,(H,30,33)(H2,29,36,37). The quantitative estimate of drug-likeness (QED) is 0.467. The molecule has 0 unspecified atom stereocenters. The smallest absolute Gasteiger partial charge is 0.345 e. The van der Waals surface area contributed by atoms with E-state index in [1.165, 1.54) is 56.3 Å². The van der Waals surface area contributed by atoms with Gasteiger partial charge >= 0.3 is 6.18 Å². The van der Waals surface area contributed by atoms with E-state index >= 15 is 0 Å². The molecule has 0 radical (unpaired) electrons. The molecule has 0 saturated carbocycles. The van der Waals surface area contributed by atoms with Gasteiger partial charge in [0.15, 0.2) is 0 Å². The Morgan fingerprint density at radius 1 is 0.974 bits per heavy atom. The van der Waals surface area contributed by atoms with E-state index in [9.17, 15) is 36.0 Å². The Morgan fingerprint density at radius 2 is 1.61 bits per heavy atom. The number of hydrogen-bond donors (Lipinski definition) is 2. The maximum atomic E-state index is 13.6. The Kier molecular flexibility index (Phi) is 8.12. The van der Waals surface area contributed by atoms with Gasteiger partial charge in [-0.3, -0.25) is 14.4 Å². The van der Waals surface area contributed by atoms with Gasteiger partial charge in [0.2, 0.25) is 10.0 Å². The molecular formula is C25H25F3N4O5S. The zero-order valence-corrected chi connectivity index (χ0v) is 21.5. The minimum absolute atomic E-state index is 0.0560. The number of nitrogens with zero attached hydrogens (tertiary/aromatic N) is 2. The number of aromatic amines is 1. The monoisotopic (exact) mass is 550 g/mol. The van der Waals surface area contributed by atoms with E-state index in [0.29, 0.717) is 5.56 Å². The Bertz CT molecular complexity index is 1530. The normalized spacial score (nSPS) is 11.8. The van der Waals surface area contributed by atoms with E-state index in [2.05, 4.69) is 4.98 Å². The summed E-state index contributed by atoms with van der Waals surface area (Å²) in [6.07, 6.45) is -4.58. The number of carbonyl (C=O) groups is 2. The third-order valence-corrected chi connectivity index (χ3v) is 6.64. The van der Waals surface area contributed by atoms with Crippen LogP contribution in [0.5, 0.6) is 0 Å². The first-order valence-electron chi connectivity index (χ1n) is 11.2. The van der Waals surface area contributed by atoms with Crippen LogP contribution in [0.4, 0.5) is 18.9 Å². The van der Waals surface area contributed by atoms with E-state index in [4.69, 9.17) is 5.14 Å². The van der Waals surface area contributed by atoms with Crippen LogP contribution >= 0.6 is 0 Å². The minimum Gasteiger partial charge on any atom is -0.345 e. The summed E-state index contributed by atoms with van der Waals surface area (Å²) in [6, 6.07) is 10.7. The number of nitrogens with two attached hydrogens (primary N) is 1. The maximum Gasteiger partial charge on any atom is 0.416 e. The number of amides is 2. The van der Waals surface area contributed by atoms with Crippen LogP contribution in [0, 0.1) is 6.92 Å². The van der Waals surface area contributed by atoms with Gasteiger partial charge in [-0.05, 0) is 55.3 Å². The largest absolute Gasteiger partial charge is 0.416 e. The fourth-order valence-electron chi connectivity index (χ4n) is 3.68. The Labute approximate surface area is 216 Å². The molecule has 0 fully saturated rings. The molecule has 1 aromatic heterocycles. The van der Waals surface area contributed by atoms with Crippen molar-refractivity contribution in [3.05, 3.63) is 92.9 Å². The van der Waals surface area contributed by atoms with Crippen LogP contribution in [0.3, 0.4) is 0 Å². The number of anilines is 1. The first kappa shape index (κ1) is 28.6. The molecule has 0 saturated heterocycles. The van der Waals surface area contributed by atoms with Crippen LogP contribution in [0.2, 0.25) is 0 Å². The Morgan fingerprint density at radius 3 is 2.16 bits per heavy atom. The highest BCUT2D eigenvalue weighted by molar-refractivity contribution is 7.89. The van der Waals surface area contributed by atoms with Crippen molar-refractivity contribution in [2.75, 3.05) is 25.5 Å². The molecule has 2 aromatic carbocycles. The fraction of sp³-hybridized carbons (Fsp3) is 0.240. The molecule has 0 bridgehead atoms. The molecule has 0 atom stereocenters. The van der Waals surface area contributed by atoms with Crippen molar-refractivity contribution < 1.29 is 31.2 Å². The van der Waals surface area contributed by atoms with Crippen LogP contribution in [-0.2, 0) is 22.6 Å². The van der Waals surface area contributed by atoms with Crippen molar-refractivity contribution >= 4 is 27.5 Å². The molecular weight excluding hydrogens is 525 g/mol. The average Bonchev–Trinajstić information content (AvgIpc) is 2.83. The lowest BCUT2D eigenvalue weighted by atomic mass is 10.1. The number of rotatable bonds is 7. The third-order valence-electron chi connectivity index (χ3n) is 5.71. The molecule has 3 aromatic rings. The second-order valence-corrected chi connectivity index (χ2v) is 10.3. The van der Waals surface area contributed by atoms with E-state index in [-0.39, 0.29) is 34.8 Å². The van der Waals surface area contributed by atoms with Gasteiger partial charge in [-0.2, -0.15) is 13.2 Å². The van der Waals surface area contributed by atoms with Crippen molar-refractivity contribution in [2.45, 2.75) is 24.4 Å². The van der Waals surface area contributed by atoms with Gasteiger partial charge in [0, 0.05) is 32.0 Å². The van der Waals surface area contributed by atoms with Crippen LogP contribution in [-0.4, -0.2) is 50.8 Å². The summed E-state index contributed by atoms with van der Waals surface area (Å²) in [5, 5.41) is 5.10. The van der Waals surface area contributed by atoms with Crippen LogP contribution in [0.1, 0.15) is 37.5 Å². The highest BCUT2D eigenvalue weighted by Gasteiger charge is 2.32. The number of primary sulfonamides is 1. The van der Waals surface area contributed by atoms with Crippen molar-refractivity contribution in [1.82, 2.24) is 9.88 Å². The highest BCUT2D eigenvalue weighted by Crippen LogP contribution is 2.32. The molecule has 0 aliphatic heterocycles. The van der Waals surface area contributed by atoms with Crippen LogP contribution < -0.4 is 15.6 Å². The number of halogens is 3. The predicted molar refractivity (Wildman–Crippen MR) is 134 cm³/mol. The first-order valence-corrected chi connectivity index (χ1v) is 12.7. The lowest BCUT2D eigenvalue weighted by molar-refractivity contribution is -0.137.